The minimum absolute atomic E-state index is 0. The van der Waals surface area contributed by atoms with Gasteiger partial charge in [0.05, 0.1) is 13.2 Å². The highest BCUT2D eigenvalue weighted by molar-refractivity contribution is 5.85. The zero-order valence-corrected chi connectivity index (χ0v) is 14.5. The Bertz CT molecular complexity index is 361. The summed E-state index contributed by atoms with van der Waals surface area (Å²) in [5.74, 6) is 0.0114. The van der Waals surface area contributed by atoms with Gasteiger partial charge >= 0.3 is 0 Å². The van der Waals surface area contributed by atoms with E-state index in [1.54, 1.807) is 4.90 Å². The summed E-state index contributed by atoms with van der Waals surface area (Å²) in [5.41, 5.74) is 5.74. The van der Waals surface area contributed by atoms with Crippen molar-refractivity contribution >= 4 is 36.6 Å². The van der Waals surface area contributed by atoms with Crippen LogP contribution in [-0.2, 0) is 14.3 Å². The lowest BCUT2D eigenvalue weighted by Crippen LogP contribution is -2.55. The fourth-order valence-corrected chi connectivity index (χ4v) is 2.32. The van der Waals surface area contributed by atoms with Gasteiger partial charge in [-0.05, 0) is 12.8 Å². The molecule has 1 unspecified atom stereocenters. The summed E-state index contributed by atoms with van der Waals surface area (Å²) in [6, 6.07) is -0.192. The third-order valence-corrected chi connectivity index (χ3v) is 3.66. The molecule has 2 rings (SSSR count). The highest BCUT2D eigenvalue weighted by Crippen LogP contribution is 2.18. The van der Waals surface area contributed by atoms with Crippen LogP contribution in [0, 0.1) is 0 Å². The van der Waals surface area contributed by atoms with Crippen LogP contribution < -0.4 is 11.1 Å². The highest BCUT2D eigenvalue weighted by atomic mass is 35.5. The van der Waals surface area contributed by atoms with E-state index >= 15 is 0 Å². The average Bonchev–Trinajstić information content (AvgIpc) is 3.23. The lowest BCUT2D eigenvalue weighted by molar-refractivity contribution is -0.135. The van der Waals surface area contributed by atoms with Crippen molar-refractivity contribution < 1.29 is 14.3 Å². The Morgan fingerprint density at radius 2 is 1.82 bits per heavy atom. The molecular weight excluding hydrogens is 331 g/mol. The Morgan fingerprint density at radius 3 is 2.32 bits per heavy atom. The van der Waals surface area contributed by atoms with Crippen LogP contribution in [0.2, 0.25) is 0 Å². The Hall–Kier alpha value is -0.600. The molecule has 22 heavy (non-hydrogen) atoms. The van der Waals surface area contributed by atoms with Crippen LogP contribution in [0.5, 0.6) is 0 Å². The third kappa shape index (κ3) is 6.66. The average molecular weight is 357 g/mol. The van der Waals surface area contributed by atoms with Crippen LogP contribution >= 0.6 is 24.8 Å². The van der Waals surface area contributed by atoms with E-state index in [-0.39, 0.29) is 43.2 Å². The second-order valence-electron chi connectivity index (χ2n) is 5.51. The molecule has 1 atom stereocenters. The van der Waals surface area contributed by atoms with Crippen LogP contribution in [0.25, 0.3) is 0 Å². The van der Waals surface area contributed by atoms with Crippen molar-refractivity contribution in [2.75, 3.05) is 46.4 Å². The number of hydrogen-bond acceptors (Lipinski definition) is 5. The van der Waals surface area contributed by atoms with Gasteiger partial charge < -0.3 is 20.7 Å². The Morgan fingerprint density at radius 1 is 1.23 bits per heavy atom. The second-order valence-corrected chi connectivity index (χ2v) is 5.51. The molecule has 2 fully saturated rings. The van der Waals surface area contributed by atoms with E-state index in [1.807, 2.05) is 0 Å². The summed E-state index contributed by atoms with van der Waals surface area (Å²) in [7, 11) is 1.53. The summed E-state index contributed by atoms with van der Waals surface area (Å²) >= 11 is 0. The first-order valence-corrected chi connectivity index (χ1v) is 7.15. The molecule has 0 aromatic carbocycles. The van der Waals surface area contributed by atoms with E-state index in [0.717, 1.165) is 12.8 Å². The molecule has 0 aromatic heterocycles. The molecular formula is C13H26Cl2N4O3. The molecule has 0 spiro atoms. The first-order valence-electron chi connectivity index (χ1n) is 7.15. The fraction of sp³-hybridized carbons (Fsp3) is 0.846. The van der Waals surface area contributed by atoms with Gasteiger partial charge in [-0.25, -0.2) is 0 Å². The third-order valence-electron chi connectivity index (χ3n) is 3.66. The molecule has 7 nitrogen and oxygen atoms in total. The highest BCUT2D eigenvalue weighted by Gasteiger charge is 2.27. The number of ether oxygens (including phenoxy) is 1. The number of amides is 2. The van der Waals surface area contributed by atoms with Crippen molar-refractivity contribution in [3.63, 3.8) is 0 Å². The topological polar surface area (TPSA) is 87.9 Å². The molecule has 2 amide bonds. The van der Waals surface area contributed by atoms with E-state index < -0.39 is 6.04 Å². The van der Waals surface area contributed by atoms with E-state index in [9.17, 15) is 9.59 Å². The number of halogens is 2. The first-order chi connectivity index (χ1) is 9.60. The molecule has 0 bridgehead atoms. The van der Waals surface area contributed by atoms with Gasteiger partial charge in [0.25, 0.3) is 0 Å². The molecule has 1 aliphatic heterocycles. The summed E-state index contributed by atoms with van der Waals surface area (Å²) < 4.78 is 4.90. The van der Waals surface area contributed by atoms with Gasteiger partial charge in [-0.1, -0.05) is 0 Å². The number of carbonyl (C=O) groups is 2. The normalized spacial score (nSPS) is 19.6. The van der Waals surface area contributed by atoms with Crippen LogP contribution in [0.15, 0.2) is 0 Å². The molecule has 9 heteroatoms. The van der Waals surface area contributed by atoms with Gasteiger partial charge in [0.1, 0.15) is 6.04 Å². The standard InChI is InChI=1S/C13H24N4O3.2ClH/c1-20-9-11(14)13(19)17-6-4-16(5-7-17)8-12(18)15-10-2-3-10;;/h10-11H,2-9,14H2,1H3,(H,15,18);2*1H. The smallest absolute Gasteiger partial charge is 0.241 e. The number of rotatable bonds is 6. The number of nitrogens with one attached hydrogen (secondary N) is 1. The number of nitrogens with zero attached hydrogens (tertiary/aromatic N) is 2. The van der Waals surface area contributed by atoms with Crippen LogP contribution in [0.1, 0.15) is 12.8 Å². The first kappa shape index (κ1) is 21.4. The number of hydrogen-bond donors (Lipinski definition) is 2. The quantitative estimate of drug-likeness (QED) is 0.652. The monoisotopic (exact) mass is 356 g/mol. The molecule has 1 saturated heterocycles. The van der Waals surface area contributed by atoms with Crippen LogP contribution in [-0.4, -0.2) is 80.1 Å². The van der Waals surface area contributed by atoms with Crippen LogP contribution in [0.4, 0.5) is 0 Å². The fourth-order valence-electron chi connectivity index (χ4n) is 2.32. The van der Waals surface area contributed by atoms with Crippen molar-refractivity contribution in [3.8, 4) is 0 Å². The molecule has 1 aliphatic carbocycles. The zero-order chi connectivity index (χ0) is 14.5. The lowest BCUT2D eigenvalue weighted by atomic mass is 10.2. The van der Waals surface area contributed by atoms with Gasteiger partial charge in [0.2, 0.25) is 11.8 Å². The predicted octanol–water partition coefficient (Wildman–Crippen LogP) is -0.773. The SMILES string of the molecule is COCC(N)C(=O)N1CCN(CC(=O)NC2CC2)CC1.Cl.Cl. The predicted molar refractivity (Wildman–Crippen MR) is 88.5 cm³/mol. The molecule has 1 saturated carbocycles. The maximum Gasteiger partial charge on any atom is 0.241 e. The van der Waals surface area contributed by atoms with Gasteiger partial charge in [-0.3, -0.25) is 14.5 Å². The largest absolute Gasteiger partial charge is 0.383 e. The maximum atomic E-state index is 12.0. The van der Waals surface area contributed by atoms with E-state index in [1.165, 1.54) is 7.11 Å². The minimum Gasteiger partial charge on any atom is -0.383 e. The van der Waals surface area contributed by atoms with E-state index in [2.05, 4.69) is 10.2 Å². The number of methoxy groups -OCH3 is 1. The summed E-state index contributed by atoms with van der Waals surface area (Å²) in [6.07, 6.45) is 2.21. The van der Waals surface area contributed by atoms with Crippen molar-refractivity contribution in [3.05, 3.63) is 0 Å². The van der Waals surface area contributed by atoms with Crippen molar-refractivity contribution in [1.82, 2.24) is 15.1 Å². The van der Waals surface area contributed by atoms with Crippen molar-refractivity contribution in [2.24, 2.45) is 5.73 Å². The summed E-state index contributed by atoms with van der Waals surface area (Å²) in [5, 5.41) is 2.97. The maximum absolute atomic E-state index is 12.0. The molecule has 130 valence electrons. The van der Waals surface area contributed by atoms with Gasteiger partial charge in [-0.2, -0.15) is 0 Å². The molecule has 0 radical (unpaired) electrons. The van der Waals surface area contributed by atoms with Gasteiger partial charge in [-0.15, -0.1) is 24.8 Å². The zero-order valence-electron chi connectivity index (χ0n) is 12.8. The minimum atomic E-state index is -0.593. The van der Waals surface area contributed by atoms with Gasteiger partial charge in [0, 0.05) is 39.3 Å². The summed E-state index contributed by atoms with van der Waals surface area (Å²) in [4.78, 5) is 27.5. The molecule has 3 N–H and O–H groups in total. The van der Waals surface area contributed by atoms with E-state index in [4.69, 9.17) is 10.5 Å². The number of piperazine rings is 1. The Labute approximate surface area is 143 Å². The number of carbonyl (C=O) groups excluding carboxylic acids is 2. The molecule has 0 aromatic rings. The summed E-state index contributed by atoms with van der Waals surface area (Å²) in [6.45, 7) is 3.32. The Kier molecular flexibility index (Phi) is 9.95. The molecule has 2 aliphatic rings. The van der Waals surface area contributed by atoms with Crippen molar-refractivity contribution in [2.45, 2.75) is 24.9 Å². The van der Waals surface area contributed by atoms with Crippen LogP contribution in [0.3, 0.4) is 0 Å². The Balaban J connectivity index is 0.00000220. The van der Waals surface area contributed by atoms with E-state index in [0.29, 0.717) is 38.8 Å². The molecule has 1 heterocycles. The second kappa shape index (κ2) is 10.2. The number of nitrogens with two attached hydrogens (primary N) is 1. The van der Waals surface area contributed by atoms with Gasteiger partial charge in [0.15, 0.2) is 0 Å². The van der Waals surface area contributed by atoms with Crippen molar-refractivity contribution in [1.29, 1.82) is 0 Å². The lowest BCUT2D eigenvalue weighted by Gasteiger charge is -2.35.